The first-order valence-corrected chi connectivity index (χ1v) is 12.2. The van der Waals surface area contributed by atoms with E-state index in [-0.39, 0.29) is 6.54 Å². The van der Waals surface area contributed by atoms with E-state index in [9.17, 15) is 18.0 Å². The monoisotopic (exact) mass is 575 g/mol. The number of benzene rings is 3. The highest BCUT2D eigenvalue weighted by molar-refractivity contribution is 9.10. The highest BCUT2D eigenvalue weighted by atomic mass is 79.9. The standard InChI is InChI=1S/C27H22BrClF3N3O/c1-17(2)15-26(19-6-4-3-5-7-19)16-35(25(36)33-21-11-9-20(28)10-12-21)34-24(26)18-8-13-22(23(29)14-18)27(30,31)32/h3-14H,1,15-16H2,2H3,(H,33,36). The molecule has 36 heavy (non-hydrogen) atoms. The SMILES string of the molecule is C=C(C)CC1(c2ccccc2)CN(C(=O)Nc2ccc(Br)cc2)N=C1c1ccc(C(F)(F)F)c(Cl)c1. The first kappa shape index (κ1) is 26.0. The Morgan fingerprint density at radius 1 is 1.14 bits per heavy atom. The Morgan fingerprint density at radius 2 is 1.81 bits per heavy atom. The topological polar surface area (TPSA) is 44.7 Å². The third-order valence-electron chi connectivity index (χ3n) is 5.90. The van der Waals surface area contributed by atoms with Crippen LogP contribution in [0.25, 0.3) is 0 Å². The molecule has 4 nitrogen and oxygen atoms in total. The zero-order valence-electron chi connectivity index (χ0n) is 19.2. The van der Waals surface area contributed by atoms with E-state index in [1.54, 1.807) is 24.3 Å². The molecular formula is C27H22BrClF3N3O. The first-order valence-electron chi connectivity index (χ1n) is 11.0. The van der Waals surface area contributed by atoms with E-state index in [0.29, 0.717) is 23.4 Å². The number of nitrogens with one attached hydrogen (secondary N) is 1. The maximum Gasteiger partial charge on any atom is 0.417 e. The summed E-state index contributed by atoms with van der Waals surface area (Å²) in [6, 6.07) is 19.6. The lowest BCUT2D eigenvalue weighted by Gasteiger charge is -2.32. The van der Waals surface area contributed by atoms with Gasteiger partial charge < -0.3 is 5.32 Å². The average molecular weight is 577 g/mol. The first-order chi connectivity index (χ1) is 17.0. The van der Waals surface area contributed by atoms with Crippen LogP contribution in [-0.4, -0.2) is 23.3 Å². The second-order valence-corrected chi connectivity index (χ2v) is 10.0. The number of rotatable bonds is 5. The number of amides is 2. The quantitative estimate of drug-likeness (QED) is 0.305. The maximum atomic E-state index is 13.4. The molecule has 1 aliphatic rings. The number of urea groups is 1. The molecule has 4 rings (SSSR count). The summed E-state index contributed by atoms with van der Waals surface area (Å²) in [5.74, 6) is 0. The molecule has 186 valence electrons. The lowest BCUT2D eigenvalue weighted by atomic mass is 9.70. The summed E-state index contributed by atoms with van der Waals surface area (Å²) in [5.41, 5.74) is 1.35. The Kier molecular flexibility index (Phi) is 7.29. The van der Waals surface area contributed by atoms with Crippen molar-refractivity contribution in [3.05, 3.63) is 111 Å². The van der Waals surface area contributed by atoms with Crippen LogP contribution in [0.3, 0.4) is 0 Å². The molecular weight excluding hydrogens is 555 g/mol. The highest BCUT2D eigenvalue weighted by Crippen LogP contribution is 2.42. The molecule has 1 N–H and O–H groups in total. The fraction of sp³-hybridized carbons (Fsp3) is 0.185. The summed E-state index contributed by atoms with van der Waals surface area (Å²) in [4.78, 5) is 13.2. The number of alkyl halides is 3. The number of hydrogen-bond acceptors (Lipinski definition) is 2. The maximum absolute atomic E-state index is 13.4. The second kappa shape index (κ2) is 10.1. The van der Waals surface area contributed by atoms with Crippen LogP contribution in [0, 0.1) is 0 Å². The van der Waals surface area contributed by atoms with Crippen LogP contribution in [0.1, 0.15) is 30.0 Å². The summed E-state index contributed by atoms with van der Waals surface area (Å²) in [6.45, 7) is 6.11. The van der Waals surface area contributed by atoms with Gasteiger partial charge in [0.1, 0.15) is 0 Å². The molecule has 0 aromatic heterocycles. The summed E-state index contributed by atoms with van der Waals surface area (Å²) in [5, 5.41) is 8.34. The number of allylic oxidation sites excluding steroid dienone is 1. The third kappa shape index (κ3) is 5.34. The molecule has 1 aliphatic heterocycles. The van der Waals surface area contributed by atoms with E-state index in [2.05, 4.69) is 32.9 Å². The Bertz CT molecular complexity index is 1330. The number of nitrogens with zero attached hydrogens (tertiary/aromatic N) is 2. The molecule has 1 unspecified atom stereocenters. The number of carbonyl (C=O) groups excluding carboxylic acids is 1. The zero-order chi connectivity index (χ0) is 26.1. The van der Waals surface area contributed by atoms with Crippen molar-refractivity contribution in [3.63, 3.8) is 0 Å². The predicted molar refractivity (Wildman–Crippen MR) is 140 cm³/mol. The predicted octanol–water partition coefficient (Wildman–Crippen LogP) is 8.28. The molecule has 0 fully saturated rings. The van der Waals surface area contributed by atoms with Crippen LogP contribution >= 0.6 is 27.5 Å². The van der Waals surface area contributed by atoms with E-state index in [1.165, 1.54) is 17.1 Å². The van der Waals surface area contributed by atoms with E-state index < -0.39 is 28.2 Å². The van der Waals surface area contributed by atoms with Gasteiger partial charge in [0.25, 0.3) is 0 Å². The van der Waals surface area contributed by atoms with Crippen LogP contribution in [0.15, 0.2) is 94.5 Å². The minimum Gasteiger partial charge on any atom is -0.306 e. The molecule has 0 bridgehead atoms. The molecule has 9 heteroatoms. The smallest absolute Gasteiger partial charge is 0.306 e. The molecule has 0 spiro atoms. The molecule has 1 heterocycles. The van der Waals surface area contributed by atoms with Gasteiger partial charge in [0, 0.05) is 15.7 Å². The third-order valence-corrected chi connectivity index (χ3v) is 6.74. The summed E-state index contributed by atoms with van der Waals surface area (Å²) in [7, 11) is 0. The van der Waals surface area contributed by atoms with Gasteiger partial charge in [-0.15, -0.1) is 6.58 Å². The Labute approximate surface area is 220 Å². The molecule has 0 radical (unpaired) electrons. The molecule has 0 saturated carbocycles. The number of halogens is 5. The van der Waals surface area contributed by atoms with Crippen molar-refractivity contribution in [3.8, 4) is 0 Å². The highest BCUT2D eigenvalue weighted by Gasteiger charge is 2.47. The van der Waals surface area contributed by atoms with Crippen molar-refractivity contribution < 1.29 is 18.0 Å². The molecule has 0 aliphatic carbocycles. The van der Waals surface area contributed by atoms with Gasteiger partial charge in [0.15, 0.2) is 0 Å². The van der Waals surface area contributed by atoms with Crippen molar-refractivity contribution in [1.82, 2.24) is 5.01 Å². The average Bonchev–Trinajstić information content (AvgIpc) is 3.20. The minimum absolute atomic E-state index is 0.167. The molecule has 2 amide bonds. The van der Waals surface area contributed by atoms with Crippen LogP contribution in [0.4, 0.5) is 23.7 Å². The van der Waals surface area contributed by atoms with Crippen LogP contribution in [-0.2, 0) is 11.6 Å². The van der Waals surface area contributed by atoms with Crippen molar-refractivity contribution in [2.45, 2.75) is 24.9 Å². The van der Waals surface area contributed by atoms with Gasteiger partial charge in [0.05, 0.1) is 28.3 Å². The van der Waals surface area contributed by atoms with Gasteiger partial charge >= 0.3 is 12.2 Å². The van der Waals surface area contributed by atoms with Gasteiger partial charge in [-0.05, 0) is 55.3 Å². The summed E-state index contributed by atoms with van der Waals surface area (Å²) >= 11 is 9.43. The molecule has 3 aromatic rings. The van der Waals surface area contributed by atoms with Crippen molar-refractivity contribution >= 4 is 45.0 Å². The molecule has 0 saturated heterocycles. The van der Waals surface area contributed by atoms with Gasteiger partial charge in [0.2, 0.25) is 0 Å². The van der Waals surface area contributed by atoms with Gasteiger partial charge in [-0.3, -0.25) is 0 Å². The summed E-state index contributed by atoms with van der Waals surface area (Å²) in [6.07, 6.45) is -4.16. The van der Waals surface area contributed by atoms with Crippen molar-refractivity contribution in [2.24, 2.45) is 5.10 Å². The van der Waals surface area contributed by atoms with Crippen molar-refractivity contribution in [2.75, 3.05) is 11.9 Å². The Balaban J connectivity index is 1.81. The van der Waals surface area contributed by atoms with E-state index in [0.717, 1.165) is 21.7 Å². The van der Waals surface area contributed by atoms with Gasteiger partial charge in [-0.1, -0.05) is 69.5 Å². The van der Waals surface area contributed by atoms with E-state index in [1.807, 2.05) is 37.3 Å². The molecule has 1 atom stereocenters. The number of hydrogen-bond donors (Lipinski definition) is 1. The van der Waals surface area contributed by atoms with Gasteiger partial charge in [-0.25, -0.2) is 9.80 Å². The Morgan fingerprint density at radius 3 is 2.39 bits per heavy atom. The fourth-order valence-corrected chi connectivity index (χ4v) is 4.94. The lowest BCUT2D eigenvalue weighted by Crippen LogP contribution is -2.41. The normalized spacial score (nSPS) is 17.6. The van der Waals surface area contributed by atoms with Crippen LogP contribution < -0.4 is 5.32 Å². The number of anilines is 1. The van der Waals surface area contributed by atoms with E-state index in [4.69, 9.17) is 11.6 Å². The largest absolute Gasteiger partial charge is 0.417 e. The number of carbonyl (C=O) groups is 1. The molecule has 3 aromatic carbocycles. The lowest BCUT2D eigenvalue weighted by molar-refractivity contribution is -0.137. The summed E-state index contributed by atoms with van der Waals surface area (Å²) < 4.78 is 40.9. The fourth-order valence-electron chi connectivity index (χ4n) is 4.39. The van der Waals surface area contributed by atoms with Gasteiger partial charge in [-0.2, -0.15) is 18.3 Å². The van der Waals surface area contributed by atoms with E-state index >= 15 is 0 Å². The number of hydrazone groups is 1. The minimum atomic E-state index is -4.59. The Hall–Kier alpha value is -3.10. The zero-order valence-corrected chi connectivity index (χ0v) is 21.6. The van der Waals surface area contributed by atoms with Crippen LogP contribution in [0.2, 0.25) is 5.02 Å². The van der Waals surface area contributed by atoms with Crippen LogP contribution in [0.5, 0.6) is 0 Å². The second-order valence-electron chi connectivity index (χ2n) is 8.72. The van der Waals surface area contributed by atoms with Crippen molar-refractivity contribution in [1.29, 1.82) is 0 Å².